The molecule has 0 aromatic carbocycles. The monoisotopic (exact) mass is 356 g/mol. The molecule has 2 saturated heterocycles. The largest absolute Gasteiger partial charge is 0.382 e. The summed E-state index contributed by atoms with van der Waals surface area (Å²) in [5.74, 6) is 1.62. The van der Waals surface area contributed by atoms with Gasteiger partial charge in [-0.15, -0.1) is 0 Å². The molecule has 0 spiro atoms. The molecule has 2 unspecified atom stereocenters. The summed E-state index contributed by atoms with van der Waals surface area (Å²) in [6, 6.07) is 0.452. The number of hydrogen-bond acceptors (Lipinski definition) is 5. The number of nitrogens with zero attached hydrogens (tertiary/aromatic N) is 3. The van der Waals surface area contributed by atoms with Gasteiger partial charge in [0.2, 0.25) is 0 Å². The summed E-state index contributed by atoms with van der Waals surface area (Å²) in [4.78, 5) is 9.74. The van der Waals surface area contributed by atoms with Crippen LogP contribution in [-0.2, 0) is 14.2 Å². The van der Waals surface area contributed by atoms with Gasteiger partial charge in [-0.3, -0.25) is 9.89 Å². The first-order valence-electron chi connectivity index (χ1n) is 9.66. The van der Waals surface area contributed by atoms with Crippen molar-refractivity contribution in [2.75, 3.05) is 79.4 Å². The number of likely N-dealkylation sites (tertiary alicyclic amines) is 1. The highest BCUT2D eigenvalue weighted by Crippen LogP contribution is 2.17. The lowest BCUT2D eigenvalue weighted by Crippen LogP contribution is -2.45. The van der Waals surface area contributed by atoms with Gasteiger partial charge in [-0.25, -0.2) is 0 Å². The van der Waals surface area contributed by atoms with Gasteiger partial charge in [0.1, 0.15) is 0 Å². The third-order valence-electron chi connectivity index (χ3n) is 4.88. The molecule has 7 nitrogen and oxygen atoms in total. The van der Waals surface area contributed by atoms with Crippen molar-refractivity contribution in [1.82, 2.24) is 15.1 Å². The van der Waals surface area contributed by atoms with E-state index in [1.54, 1.807) is 7.11 Å². The van der Waals surface area contributed by atoms with Gasteiger partial charge in [0.15, 0.2) is 5.96 Å². The predicted octanol–water partition coefficient (Wildman–Crippen LogP) is 0.658. The van der Waals surface area contributed by atoms with E-state index in [0.717, 1.165) is 71.5 Å². The van der Waals surface area contributed by atoms with Crippen LogP contribution in [0, 0.1) is 5.92 Å². The van der Waals surface area contributed by atoms with Crippen LogP contribution < -0.4 is 5.32 Å². The fourth-order valence-electron chi connectivity index (χ4n) is 3.33. The second-order valence-electron chi connectivity index (χ2n) is 6.86. The summed E-state index contributed by atoms with van der Waals surface area (Å²) in [5.41, 5.74) is 0. The quantitative estimate of drug-likeness (QED) is 0.372. The van der Waals surface area contributed by atoms with Crippen LogP contribution in [0.3, 0.4) is 0 Å². The zero-order chi connectivity index (χ0) is 17.9. The molecule has 0 aromatic rings. The van der Waals surface area contributed by atoms with Crippen molar-refractivity contribution in [1.29, 1.82) is 0 Å². The Kier molecular flexibility index (Phi) is 9.54. The zero-order valence-electron chi connectivity index (χ0n) is 16.2. The average Bonchev–Trinajstić information content (AvgIpc) is 3.11. The van der Waals surface area contributed by atoms with Crippen LogP contribution >= 0.6 is 0 Å². The maximum atomic E-state index is 5.69. The number of guanidine groups is 1. The molecule has 2 atom stereocenters. The molecule has 2 aliphatic rings. The summed E-state index contributed by atoms with van der Waals surface area (Å²) in [6.45, 7) is 14.0. The van der Waals surface area contributed by atoms with E-state index < -0.39 is 0 Å². The fraction of sp³-hybridized carbons (Fsp3) is 0.944. The van der Waals surface area contributed by atoms with Crippen LogP contribution in [0.25, 0.3) is 0 Å². The molecule has 0 aromatic heterocycles. The normalized spacial score (nSPS) is 23.9. The molecule has 2 rings (SSSR count). The second-order valence-corrected chi connectivity index (χ2v) is 6.86. The Morgan fingerprint density at radius 2 is 2.08 bits per heavy atom. The lowest BCUT2D eigenvalue weighted by atomic mass is 10.1. The third kappa shape index (κ3) is 7.09. The Bertz CT molecular complexity index is 389. The van der Waals surface area contributed by atoms with Gasteiger partial charge in [0, 0.05) is 51.8 Å². The highest BCUT2D eigenvalue weighted by Gasteiger charge is 2.25. The number of rotatable bonds is 9. The van der Waals surface area contributed by atoms with Crippen molar-refractivity contribution in [3.63, 3.8) is 0 Å². The lowest BCUT2D eigenvalue weighted by molar-refractivity contribution is 0.0220. The second kappa shape index (κ2) is 11.7. The molecule has 0 aliphatic carbocycles. The van der Waals surface area contributed by atoms with Crippen LogP contribution in [0.1, 0.15) is 20.3 Å². The maximum absolute atomic E-state index is 5.69. The van der Waals surface area contributed by atoms with Gasteiger partial charge < -0.3 is 24.4 Å². The molecule has 25 heavy (non-hydrogen) atoms. The van der Waals surface area contributed by atoms with Gasteiger partial charge >= 0.3 is 0 Å². The Morgan fingerprint density at radius 3 is 2.80 bits per heavy atom. The maximum Gasteiger partial charge on any atom is 0.193 e. The number of methoxy groups -OCH3 is 1. The van der Waals surface area contributed by atoms with Crippen molar-refractivity contribution in [2.24, 2.45) is 10.9 Å². The van der Waals surface area contributed by atoms with Gasteiger partial charge in [0.05, 0.1) is 39.6 Å². The number of ether oxygens (including phenoxy) is 3. The SMILES string of the molecule is CCNC(=NCC(C)N1CCOCC1)N1CCC(COCCOC)C1. The standard InChI is InChI=1S/C18H36N4O3/c1-4-19-18(20-13-16(2)21-7-9-24-10-8-21)22-6-5-17(14-22)15-25-12-11-23-3/h16-17H,4-15H2,1-3H3,(H,19,20). The molecule has 0 saturated carbocycles. The average molecular weight is 357 g/mol. The van der Waals surface area contributed by atoms with Crippen molar-refractivity contribution in [2.45, 2.75) is 26.3 Å². The van der Waals surface area contributed by atoms with Crippen LogP contribution in [0.4, 0.5) is 0 Å². The van der Waals surface area contributed by atoms with Gasteiger partial charge in [-0.05, 0) is 20.3 Å². The molecule has 0 bridgehead atoms. The van der Waals surface area contributed by atoms with Crippen LogP contribution in [-0.4, -0.2) is 101 Å². The fourth-order valence-corrected chi connectivity index (χ4v) is 3.33. The number of aliphatic imine (C=N–C) groups is 1. The minimum atomic E-state index is 0.452. The summed E-state index contributed by atoms with van der Waals surface area (Å²) in [6.07, 6.45) is 1.16. The molecule has 0 amide bonds. The Morgan fingerprint density at radius 1 is 1.28 bits per heavy atom. The molecular formula is C18H36N4O3. The molecule has 1 N–H and O–H groups in total. The van der Waals surface area contributed by atoms with Gasteiger partial charge in [0.25, 0.3) is 0 Å². The van der Waals surface area contributed by atoms with E-state index in [0.29, 0.717) is 25.2 Å². The minimum Gasteiger partial charge on any atom is -0.382 e. The molecular weight excluding hydrogens is 320 g/mol. The van der Waals surface area contributed by atoms with E-state index in [9.17, 15) is 0 Å². The molecule has 2 heterocycles. The number of hydrogen-bond donors (Lipinski definition) is 1. The first kappa shape index (κ1) is 20.4. The first-order chi connectivity index (χ1) is 12.2. The van der Waals surface area contributed by atoms with Crippen molar-refractivity contribution >= 4 is 5.96 Å². The molecule has 2 fully saturated rings. The summed E-state index contributed by atoms with van der Waals surface area (Å²) < 4.78 is 16.2. The van der Waals surface area contributed by atoms with Gasteiger partial charge in [-0.2, -0.15) is 0 Å². The molecule has 146 valence electrons. The van der Waals surface area contributed by atoms with Crippen LogP contribution in [0.5, 0.6) is 0 Å². The minimum absolute atomic E-state index is 0.452. The smallest absolute Gasteiger partial charge is 0.193 e. The van der Waals surface area contributed by atoms with Crippen LogP contribution in [0.15, 0.2) is 4.99 Å². The summed E-state index contributed by atoms with van der Waals surface area (Å²) in [7, 11) is 1.71. The summed E-state index contributed by atoms with van der Waals surface area (Å²) >= 11 is 0. The molecule has 0 radical (unpaired) electrons. The first-order valence-corrected chi connectivity index (χ1v) is 9.66. The van der Waals surface area contributed by atoms with E-state index in [-0.39, 0.29) is 0 Å². The van der Waals surface area contributed by atoms with Crippen molar-refractivity contribution < 1.29 is 14.2 Å². The Balaban J connectivity index is 1.78. The van der Waals surface area contributed by atoms with E-state index in [4.69, 9.17) is 19.2 Å². The summed E-state index contributed by atoms with van der Waals surface area (Å²) in [5, 5.41) is 3.45. The number of morpholine rings is 1. The Hall–Kier alpha value is -0.890. The molecule has 7 heteroatoms. The van der Waals surface area contributed by atoms with Crippen molar-refractivity contribution in [3.8, 4) is 0 Å². The van der Waals surface area contributed by atoms with Crippen LogP contribution in [0.2, 0.25) is 0 Å². The van der Waals surface area contributed by atoms with E-state index in [1.165, 1.54) is 0 Å². The van der Waals surface area contributed by atoms with E-state index in [2.05, 4.69) is 29.0 Å². The predicted molar refractivity (Wildman–Crippen MR) is 100 cm³/mol. The highest BCUT2D eigenvalue weighted by atomic mass is 16.5. The molecule has 2 aliphatic heterocycles. The Labute approximate surface area is 152 Å². The van der Waals surface area contributed by atoms with E-state index >= 15 is 0 Å². The highest BCUT2D eigenvalue weighted by molar-refractivity contribution is 5.80. The van der Waals surface area contributed by atoms with Crippen molar-refractivity contribution in [3.05, 3.63) is 0 Å². The topological polar surface area (TPSA) is 58.6 Å². The zero-order valence-corrected chi connectivity index (χ0v) is 16.2. The van der Waals surface area contributed by atoms with Gasteiger partial charge in [-0.1, -0.05) is 0 Å². The number of nitrogens with one attached hydrogen (secondary N) is 1. The lowest BCUT2D eigenvalue weighted by Gasteiger charge is -2.31. The third-order valence-corrected chi connectivity index (χ3v) is 4.88. The van der Waals surface area contributed by atoms with E-state index in [1.807, 2.05) is 0 Å².